The molecule has 1 atom stereocenters. The van der Waals surface area contributed by atoms with Gasteiger partial charge in [0.2, 0.25) is 5.91 Å². The van der Waals surface area contributed by atoms with E-state index < -0.39 is 30.4 Å². The van der Waals surface area contributed by atoms with Crippen molar-refractivity contribution in [2.24, 2.45) is 5.92 Å². The van der Waals surface area contributed by atoms with Crippen molar-refractivity contribution < 1.29 is 33.2 Å². The minimum absolute atomic E-state index is 0.0246. The van der Waals surface area contributed by atoms with Gasteiger partial charge in [-0.15, -0.1) is 0 Å². The molecule has 2 heterocycles. The summed E-state index contributed by atoms with van der Waals surface area (Å²) >= 11 is 0. The first-order chi connectivity index (χ1) is 14.9. The molecule has 0 unspecified atom stereocenters. The predicted octanol–water partition coefficient (Wildman–Crippen LogP) is 2.08. The Morgan fingerprint density at radius 3 is 2.61 bits per heavy atom. The molecule has 0 bridgehead atoms. The van der Waals surface area contributed by atoms with E-state index in [0.29, 0.717) is 23.6 Å². The number of nitrogens with zero attached hydrogens (tertiary/aromatic N) is 2. The molecule has 1 aliphatic heterocycles. The summed E-state index contributed by atoms with van der Waals surface area (Å²) in [4.78, 5) is 49.8. The van der Waals surface area contributed by atoms with Gasteiger partial charge in [-0.3, -0.25) is 14.4 Å². The Labute approximate surface area is 178 Å². The Kier molecular flexibility index (Phi) is 7.01. The number of rotatable bonds is 8. The van der Waals surface area contributed by atoms with Crippen molar-refractivity contribution in [2.75, 3.05) is 30.0 Å². The van der Waals surface area contributed by atoms with Crippen LogP contribution >= 0.6 is 0 Å². The lowest BCUT2D eigenvalue weighted by molar-refractivity contribution is -0.151. The number of amides is 2. The van der Waals surface area contributed by atoms with Crippen LogP contribution in [0.2, 0.25) is 0 Å². The fourth-order valence-electron chi connectivity index (χ4n) is 3.03. The Bertz CT molecular complexity index is 968. The summed E-state index contributed by atoms with van der Waals surface area (Å²) in [6, 6.07) is 7.93. The summed E-state index contributed by atoms with van der Waals surface area (Å²) in [6.45, 7) is 3.55. The molecule has 1 aromatic carbocycles. The van der Waals surface area contributed by atoms with E-state index in [4.69, 9.17) is 14.0 Å². The lowest BCUT2D eigenvalue weighted by Crippen LogP contribution is -2.28. The maximum absolute atomic E-state index is 12.4. The van der Waals surface area contributed by atoms with Gasteiger partial charge in [0, 0.05) is 24.7 Å². The largest absolute Gasteiger partial charge is 0.462 e. The normalized spacial score (nSPS) is 15.6. The van der Waals surface area contributed by atoms with Gasteiger partial charge in [0.05, 0.1) is 18.1 Å². The smallest absolute Gasteiger partial charge is 0.338 e. The van der Waals surface area contributed by atoms with Crippen LogP contribution in [0.15, 0.2) is 34.9 Å². The van der Waals surface area contributed by atoms with Gasteiger partial charge in [0.15, 0.2) is 12.4 Å². The lowest BCUT2D eigenvalue weighted by Gasteiger charge is -2.17. The van der Waals surface area contributed by atoms with Gasteiger partial charge in [-0.1, -0.05) is 12.1 Å². The molecule has 2 amide bonds. The molecule has 0 aliphatic carbocycles. The molecular weight excluding hydrogens is 406 g/mol. The van der Waals surface area contributed by atoms with Crippen molar-refractivity contribution in [1.29, 1.82) is 0 Å². The van der Waals surface area contributed by atoms with Gasteiger partial charge in [0.1, 0.15) is 5.76 Å². The summed E-state index contributed by atoms with van der Waals surface area (Å²) < 4.78 is 14.9. The molecule has 1 saturated heterocycles. The highest BCUT2D eigenvalue weighted by Gasteiger charge is 2.36. The maximum atomic E-state index is 12.4. The van der Waals surface area contributed by atoms with E-state index in [1.54, 1.807) is 31.2 Å². The molecule has 0 radical (unpaired) electrons. The quantitative estimate of drug-likeness (QED) is 0.632. The third-order valence-electron chi connectivity index (χ3n) is 4.55. The highest BCUT2D eigenvalue weighted by atomic mass is 16.5. The maximum Gasteiger partial charge on any atom is 0.338 e. The molecule has 2 aromatic rings. The van der Waals surface area contributed by atoms with Gasteiger partial charge >= 0.3 is 11.9 Å². The molecule has 164 valence electrons. The van der Waals surface area contributed by atoms with Crippen LogP contribution in [0.3, 0.4) is 0 Å². The van der Waals surface area contributed by atoms with Crippen molar-refractivity contribution in [3.8, 4) is 0 Å². The van der Waals surface area contributed by atoms with E-state index in [9.17, 15) is 19.2 Å². The molecule has 1 aliphatic rings. The summed E-state index contributed by atoms with van der Waals surface area (Å²) in [5.41, 5.74) is 0.944. The first-order valence-electron chi connectivity index (χ1n) is 9.84. The number of carbonyl (C=O) groups is 4. The molecule has 3 rings (SSSR count). The molecule has 1 aromatic heterocycles. The summed E-state index contributed by atoms with van der Waals surface area (Å²) in [5, 5.41) is 6.06. The molecular formula is C21H23N3O7. The molecule has 31 heavy (non-hydrogen) atoms. The number of esters is 2. The number of anilines is 2. The van der Waals surface area contributed by atoms with Gasteiger partial charge in [0.25, 0.3) is 5.91 Å². The van der Waals surface area contributed by atoms with E-state index in [1.165, 1.54) is 11.0 Å². The van der Waals surface area contributed by atoms with Crippen molar-refractivity contribution >= 4 is 35.3 Å². The molecule has 10 heteroatoms. The number of hydrogen-bond donors (Lipinski definition) is 1. The summed E-state index contributed by atoms with van der Waals surface area (Å²) in [6.07, 6.45) is 0.703. The average molecular weight is 429 g/mol. The van der Waals surface area contributed by atoms with Crippen LogP contribution in [-0.4, -0.2) is 48.7 Å². The first kappa shape index (κ1) is 22.0. The van der Waals surface area contributed by atoms with E-state index in [2.05, 4.69) is 10.5 Å². The monoisotopic (exact) mass is 429 g/mol. The fourth-order valence-corrected chi connectivity index (χ4v) is 3.03. The second kappa shape index (κ2) is 9.88. The predicted molar refractivity (Wildman–Crippen MR) is 108 cm³/mol. The zero-order valence-electron chi connectivity index (χ0n) is 17.3. The van der Waals surface area contributed by atoms with Crippen molar-refractivity contribution in [3.05, 3.63) is 41.7 Å². The Hall–Kier alpha value is -3.69. The highest BCUT2D eigenvalue weighted by molar-refractivity contribution is 6.00. The second-order valence-electron chi connectivity index (χ2n) is 7.07. The Balaban J connectivity index is 1.51. The zero-order chi connectivity index (χ0) is 22.4. The SMILES string of the molecule is CCCOC(=O)c1ccc(N2C[C@@H](C(=O)OCC(=O)Nc3cc(C)on3)CC2=O)cc1. The number of ether oxygens (including phenoxy) is 2. The number of benzene rings is 1. The third kappa shape index (κ3) is 5.68. The van der Waals surface area contributed by atoms with Crippen molar-refractivity contribution in [1.82, 2.24) is 5.16 Å². The molecule has 1 fully saturated rings. The van der Waals surface area contributed by atoms with Gasteiger partial charge in [-0.2, -0.15) is 0 Å². The van der Waals surface area contributed by atoms with Crippen LogP contribution in [0, 0.1) is 12.8 Å². The van der Waals surface area contributed by atoms with Crippen LogP contribution in [-0.2, 0) is 23.9 Å². The standard InChI is InChI=1S/C21H23N3O7/c1-3-8-29-20(27)14-4-6-16(7-5-14)24-11-15(10-19(24)26)21(28)30-12-18(25)22-17-9-13(2)31-23-17/h4-7,9,15H,3,8,10-12H2,1-2H3,(H,22,23,25)/t15-/m0/s1. The van der Waals surface area contributed by atoms with Gasteiger partial charge in [-0.25, -0.2) is 4.79 Å². The summed E-state index contributed by atoms with van der Waals surface area (Å²) in [7, 11) is 0. The molecule has 1 N–H and O–H groups in total. The number of carbonyl (C=O) groups excluding carboxylic acids is 4. The topological polar surface area (TPSA) is 128 Å². The van der Waals surface area contributed by atoms with Gasteiger partial charge in [-0.05, 0) is 37.6 Å². The van der Waals surface area contributed by atoms with Crippen LogP contribution < -0.4 is 10.2 Å². The van der Waals surface area contributed by atoms with Crippen LogP contribution in [0.4, 0.5) is 11.5 Å². The van der Waals surface area contributed by atoms with Crippen LogP contribution in [0.1, 0.15) is 35.9 Å². The van der Waals surface area contributed by atoms with E-state index in [1.807, 2.05) is 6.92 Å². The van der Waals surface area contributed by atoms with Crippen molar-refractivity contribution in [2.45, 2.75) is 26.7 Å². The van der Waals surface area contributed by atoms with Gasteiger partial charge < -0.3 is 24.2 Å². The zero-order valence-corrected chi connectivity index (χ0v) is 17.3. The van der Waals surface area contributed by atoms with E-state index in [0.717, 1.165) is 6.42 Å². The number of hydrogen-bond acceptors (Lipinski definition) is 8. The minimum Gasteiger partial charge on any atom is -0.462 e. The van der Waals surface area contributed by atoms with Crippen LogP contribution in [0.25, 0.3) is 0 Å². The molecule has 0 saturated carbocycles. The number of nitrogens with one attached hydrogen (secondary N) is 1. The Morgan fingerprint density at radius 1 is 1.23 bits per heavy atom. The fraction of sp³-hybridized carbons (Fsp3) is 0.381. The van der Waals surface area contributed by atoms with Crippen molar-refractivity contribution in [3.63, 3.8) is 0 Å². The third-order valence-corrected chi connectivity index (χ3v) is 4.55. The minimum atomic E-state index is -0.691. The highest BCUT2D eigenvalue weighted by Crippen LogP contribution is 2.26. The first-order valence-corrected chi connectivity index (χ1v) is 9.84. The van der Waals surface area contributed by atoms with E-state index in [-0.39, 0.29) is 24.7 Å². The number of aryl methyl sites for hydroxylation is 1. The average Bonchev–Trinajstić information content (AvgIpc) is 3.35. The molecule has 10 nitrogen and oxygen atoms in total. The Morgan fingerprint density at radius 2 is 1.97 bits per heavy atom. The number of aromatic nitrogens is 1. The van der Waals surface area contributed by atoms with E-state index >= 15 is 0 Å². The molecule has 0 spiro atoms. The lowest BCUT2D eigenvalue weighted by atomic mass is 10.1. The van der Waals surface area contributed by atoms with Crippen LogP contribution in [0.5, 0.6) is 0 Å². The second-order valence-corrected chi connectivity index (χ2v) is 7.07. The summed E-state index contributed by atoms with van der Waals surface area (Å²) in [5.74, 6) is -1.81.